The zero-order valence-electron chi connectivity index (χ0n) is 18.5. The first-order chi connectivity index (χ1) is 15.7. The summed E-state index contributed by atoms with van der Waals surface area (Å²) in [7, 11) is 0. The summed E-state index contributed by atoms with van der Waals surface area (Å²) in [5.74, 6) is -1.26. The monoisotopic (exact) mass is 453 g/mol. The van der Waals surface area contributed by atoms with Crippen LogP contribution >= 0.6 is 0 Å². The molecule has 0 aliphatic heterocycles. The molecule has 1 aromatic carbocycles. The molecule has 172 valence electrons. The van der Waals surface area contributed by atoms with E-state index >= 15 is 0 Å². The van der Waals surface area contributed by atoms with E-state index in [4.69, 9.17) is 4.42 Å². The molecule has 9 nitrogen and oxygen atoms in total. The highest BCUT2D eigenvalue weighted by Gasteiger charge is 2.45. The van der Waals surface area contributed by atoms with E-state index < -0.39 is 29.1 Å². The van der Waals surface area contributed by atoms with Crippen LogP contribution in [0.3, 0.4) is 0 Å². The Balaban J connectivity index is 1.53. The number of amides is 1. The number of benzene rings is 1. The summed E-state index contributed by atoms with van der Waals surface area (Å²) < 4.78 is 20.1. The van der Waals surface area contributed by atoms with Crippen molar-refractivity contribution in [3.8, 4) is 11.4 Å². The summed E-state index contributed by atoms with van der Waals surface area (Å²) in [6.45, 7) is 5.18. The molecular formula is C23H24FN5O4. The Bertz CT molecular complexity index is 1240. The van der Waals surface area contributed by atoms with Crippen LogP contribution in [0, 0.1) is 11.7 Å². The van der Waals surface area contributed by atoms with Gasteiger partial charge in [0.1, 0.15) is 18.2 Å². The van der Waals surface area contributed by atoms with Gasteiger partial charge in [-0.3, -0.25) is 19.0 Å². The normalized spacial score (nSPS) is 15.3. The molecule has 0 radical (unpaired) electrons. The average molecular weight is 453 g/mol. The van der Waals surface area contributed by atoms with Crippen molar-refractivity contribution in [2.24, 2.45) is 5.92 Å². The van der Waals surface area contributed by atoms with Gasteiger partial charge in [-0.2, -0.15) is 0 Å². The molecule has 0 spiro atoms. The fourth-order valence-corrected chi connectivity index (χ4v) is 3.42. The second-order valence-corrected chi connectivity index (χ2v) is 8.83. The smallest absolute Gasteiger partial charge is 0.286 e. The van der Waals surface area contributed by atoms with Crippen LogP contribution in [-0.4, -0.2) is 37.5 Å². The number of rotatable bonds is 8. The van der Waals surface area contributed by atoms with Crippen molar-refractivity contribution in [2.75, 3.05) is 0 Å². The number of carbonyl (C=O) groups excluding carboxylic acids is 2. The average Bonchev–Trinajstić information content (AvgIpc) is 3.32. The third-order valence-electron chi connectivity index (χ3n) is 5.76. The minimum absolute atomic E-state index is 0.150. The van der Waals surface area contributed by atoms with Crippen LogP contribution in [0.5, 0.6) is 0 Å². The summed E-state index contributed by atoms with van der Waals surface area (Å²) in [5, 5.41) is 10.5. The van der Waals surface area contributed by atoms with Crippen LogP contribution < -0.4 is 10.9 Å². The Morgan fingerprint density at radius 3 is 2.52 bits per heavy atom. The first-order valence-corrected chi connectivity index (χ1v) is 10.7. The van der Waals surface area contributed by atoms with Crippen molar-refractivity contribution in [3.63, 3.8) is 0 Å². The summed E-state index contributed by atoms with van der Waals surface area (Å²) in [4.78, 5) is 42.5. The molecule has 1 saturated carbocycles. The minimum Gasteiger partial charge on any atom is -0.418 e. The summed E-state index contributed by atoms with van der Waals surface area (Å²) in [6, 6.07) is 5.74. The second-order valence-electron chi connectivity index (χ2n) is 8.83. The SMILES string of the molecule is CC(C)[C@H](NC(=O)Cn1c(-c2ccc(F)cc2)nccc1=O)C(=O)c1nnc(C2(C)CC2)o1. The standard InChI is InChI=1S/C23H24FN5O4/c1-13(2)18(19(32)21-27-28-22(33-21)23(3)9-10-23)26-16(30)12-29-17(31)8-11-25-20(29)14-4-6-15(24)7-5-14/h4-8,11,13,18H,9-10,12H2,1-3H3,(H,26,30)/t18-/m0/s1. The van der Waals surface area contributed by atoms with E-state index in [2.05, 4.69) is 20.5 Å². The van der Waals surface area contributed by atoms with Gasteiger partial charge >= 0.3 is 0 Å². The van der Waals surface area contributed by atoms with Gasteiger partial charge < -0.3 is 9.73 Å². The molecule has 0 unspecified atom stereocenters. The largest absolute Gasteiger partial charge is 0.418 e. The minimum atomic E-state index is -0.917. The van der Waals surface area contributed by atoms with E-state index in [1.807, 2.05) is 6.92 Å². The highest BCUT2D eigenvalue weighted by Crippen LogP contribution is 2.46. The number of Topliss-reactive ketones (excluding diaryl/α,β-unsaturated/α-hetero) is 1. The molecule has 1 aliphatic rings. The molecule has 2 aromatic heterocycles. The van der Waals surface area contributed by atoms with Crippen LogP contribution in [0.15, 0.2) is 45.7 Å². The predicted molar refractivity (Wildman–Crippen MR) is 116 cm³/mol. The molecule has 33 heavy (non-hydrogen) atoms. The topological polar surface area (TPSA) is 120 Å². The van der Waals surface area contributed by atoms with Gasteiger partial charge in [-0.1, -0.05) is 20.8 Å². The van der Waals surface area contributed by atoms with E-state index in [-0.39, 0.29) is 29.6 Å². The molecule has 3 aromatic rings. The van der Waals surface area contributed by atoms with Gasteiger partial charge in [0, 0.05) is 23.2 Å². The number of hydrogen-bond donors (Lipinski definition) is 1. The lowest BCUT2D eigenvalue weighted by Crippen LogP contribution is -2.46. The molecule has 4 rings (SSSR count). The van der Waals surface area contributed by atoms with Gasteiger partial charge in [0.15, 0.2) is 0 Å². The van der Waals surface area contributed by atoms with E-state index in [1.165, 1.54) is 41.1 Å². The number of halogens is 1. The zero-order chi connectivity index (χ0) is 23.8. The molecule has 2 heterocycles. The maximum absolute atomic E-state index is 13.3. The van der Waals surface area contributed by atoms with E-state index in [1.54, 1.807) is 13.8 Å². The number of nitrogens with one attached hydrogen (secondary N) is 1. The number of carbonyl (C=O) groups is 2. The second kappa shape index (κ2) is 8.68. The maximum atomic E-state index is 13.3. The lowest BCUT2D eigenvalue weighted by Gasteiger charge is -2.20. The Labute approximate surface area is 189 Å². The number of nitrogens with zero attached hydrogens (tertiary/aromatic N) is 4. The first-order valence-electron chi connectivity index (χ1n) is 10.7. The fraction of sp³-hybridized carbons (Fsp3) is 0.391. The van der Waals surface area contributed by atoms with Crippen molar-refractivity contribution in [1.82, 2.24) is 25.1 Å². The summed E-state index contributed by atoms with van der Waals surface area (Å²) in [5.41, 5.74) is -0.156. The Morgan fingerprint density at radius 2 is 1.88 bits per heavy atom. The van der Waals surface area contributed by atoms with E-state index in [0.29, 0.717) is 11.5 Å². The van der Waals surface area contributed by atoms with Gasteiger partial charge in [-0.05, 0) is 43.0 Å². The van der Waals surface area contributed by atoms with Crippen molar-refractivity contribution in [1.29, 1.82) is 0 Å². The van der Waals surface area contributed by atoms with Crippen LogP contribution in [0.2, 0.25) is 0 Å². The number of aromatic nitrogens is 4. The van der Waals surface area contributed by atoms with Crippen molar-refractivity contribution < 1.29 is 18.4 Å². The van der Waals surface area contributed by atoms with E-state index in [0.717, 1.165) is 12.8 Å². The van der Waals surface area contributed by atoms with Crippen LogP contribution in [-0.2, 0) is 16.8 Å². The third-order valence-corrected chi connectivity index (χ3v) is 5.76. The van der Waals surface area contributed by atoms with Crippen LogP contribution in [0.4, 0.5) is 4.39 Å². The van der Waals surface area contributed by atoms with E-state index in [9.17, 15) is 18.8 Å². The molecule has 1 atom stereocenters. The first kappa shape index (κ1) is 22.5. The predicted octanol–water partition coefficient (Wildman–Crippen LogP) is 2.51. The highest BCUT2D eigenvalue weighted by molar-refractivity contribution is 5.98. The number of hydrogen-bond acceptors (Lipinski definition) is 7. The van der Waals surface area contributed by atoms with Crippen LogP contribution in [0.1, 0.15) is 50.2 Å². The molecular weight excluding hydrogens is 429 g/mol. The van der Waals surface area contributed by atoms with Crippen LogP contribution in [0.25, 0.3) is 11.4 Å². The maximum Gasteiger partial charge on any atom is 0.286 e. The molecule has 1 fully saturated rings. The number of ketones is 1. The zero-order valence-corrected chi connectivity index (χ0v) is 18.5. The van der Waals surface area contributed by atoms with Crippen molar-refractivity contribution in [3.05, 3.63) is 64.5 Å². The quantitative estimate of drug-likeness (QED) is 0.520. The molecule has 0 bridgehead atoms. The van der Waals surface area contributed by atoms with Gasteiger partial charge in [0.2, 0.25) is 17.6 Å². The lowest BCUT2D eigenvalue weighted by atomic mass is 9.99. The highest BCUT2D eigenvalue weighted by atomic mass is 19.1. The third kappa shape index (κ3) is 4.74. The lowest BCUT2D eigenvalue weighted by molar-refractivity contribution is -0.122. The Morgan fingerprint density at radius 1 is 1.18 bits per heavy atom. The Kier molecular flexibility index (Phi) is 5.92. The molecule has 1 aliphatic carbocycles. The molecule has 1 amide bonds. The fourth-order valence-electron chi connectivity index (χ4n) is 3.42. The summed E-state index contributed by atoms with van der Waals surface area (Å²) >= 11 is 0. The van der Waals surface area contributed by atoms with Gasteiger partial charge in [-0.25, -0.2) is 9.37 Å². The summed E-state index contributed by atoms with van der Waals surface area (Å²) in [6.07, 6.45) is 3.16. The molecule has 1 N–H and O–H groups in total. The van der Waals surface area contributed by atoms with Crippen molar-refractivity contribution in [2.45, 2.75) is 51.6 Å². The van der Waals surface area contributed by atoms with Gasteiger partial charge in [0.25, 0.3) is 11.4 Å². The van der Waals surface area contributed by atoms with Gasteiger partial charge in [0.05, 0.1) is 6.04 Å². The van der Waals surface area contributed by atoms with Crippen molar-refractivity contribution >= 4 is 11.7 Å². The molecule has 10 heteroatoms. The molecule has 0 saturated heterocycles. The Hall–Kier alpha value is -3.69. The van der Waals surface area contributed by atoms with Gasteiger partial charge in [-0.15, -0.1) is 10.2 Å².